The molecule has 0 fully saturated rings. The van der Waals surface area contributed by atoms with Crippen LogP contribution in [-0.4, -0.2) is 6.61 Å². The van der Waals surface area contributed by atoms with Gasteiger partial charge < -0.3 is 4.74 Å². The Bertz CT molecular complexity index is 291. The maximum Gasteiger partial charge on any atom is 0.122 e. The van der Waals surface area contributed by atoms with Crippen LogP contribution >= 0.6 is 0 Å². The minimum Gasteiger partial charge on any atom is -0.493 e. The summed E-state index contributed by atoms with van der Waals surface area (Å²) in [5.41, 5.74) is 2.76. The summed E-state index contributed by atoms with van der Waals surface area (Å²) in [6, 6.07) is 6.28. The molecular weight excluding hydrogens is 148 g/mol. The molecule has 0 saturated heterocycles. The second kappa shape index (κ2) is 2.81. The predicted molar refractivity (Wildman–Crippen MR) is 49.5 cm³/mol. The Balaban J connectivity index is 2.43. The lowest BCUT2D eigenvalue weighted by atomic mass is 9.95. The van der Waals surface area contributed by atoms with E-state index in [2.05, 4.69) is 32.0 Å². The lowest BCUT2D eigenvalue weighted by Crippen LogP contribution is -2.18. The maximum absolute atomic E-state index is 5.62. The van der Waals surface area contributed by atoms with Crippen molar-refractivity contribution in [1.29, 1.82) is 0 Å². The summed E-state index contributed by atoms with van der Waals surface area (Å²) in [6.07, 6.45) is 1.17. The quantitative estimate of drug-likeness (QED) is 0.569. The number of ether oxygens (including phenoxy) is 1. The molecular formula is C11H14O. The molecule has 1 aromatic rings. The molecule has 64 valence electrons. The van der Waals surface area contributed by atoms with E-state index in [0.717, 1.165) is 12.4 Å². The second-order valence-corrected chi connectivity index (χ2v) is 3.67. The van der Waals surface area contributed by atoms with Gasteiger partial charge >= 0.3 is 0 Å². The topological polar surface area (TPSA) is 9.23 Å². The molecule has 2 rings (SSSR count). The highest BCUT2D eigenvalue weighted by atomic mass is 16.5. The lowest BCUT2D eigenvalue weighted by molar-refractivity contribution is 0.233. The molecule has 1 atom stereocenters. The molecule has 0 radical (unpaired) electrons. The molecule has 1 nitrogen and oxygen atoms in total. The Morgan fingerprint density at radius 2 is 2.25 bits per heavy atom. The monoisotopic (exact) mass is 162 g/mol. The van der Waals surface area contributed by atoms with Crippen molar-refractivity contribution in [2.24, 2.45) is 5.92 Å². The first-order valence-electron chi connectivity index (χ1n) is 4.48. The van der Waals surface area contributed by atoms with Crippen LogP contribution in [0.4, 0.5) is 0 Å². The van der Waals surface area contributed by atoms with Crippen LogP contribution in [-0.2, 0) is 6.42 Å². The molecule has 0 N–H and O–H groups in total. The predicted octanol–water partition coefficient (Wildman–Crippen LogP) is 2.57. The van der Waals surface area contributed by atoms with Gasteiger partial charge in [0.2, 0.25) is 0 Å². The summed E-state index contributed by atoms with van der Waals surface area (Å²) in [7, 11) is 0. The highest BCUT2D eigenvalue weighted by molar-refractivity contribution is 5.40. The van der Waals surface area contributed by atoms with Gasteiger partial charge in [-0.1, -0.05) is 19.1 Å². The molecule has 0 amide bonds. The Labute approximate surface area is 73.4 Å². The van der Waals surface area contributed by atoms with Crippen LogP contribution in [0.1, 0.15) is 18.1 Å². The first-order valence-corrected chi connectivity index (χ1v) is 4.48. The van der Waals surface area contributed by atoms with Crippen LogP contribution in [0, 0.1) is 12.8 Å². The summed E-state index contributed by atoms with van der Waals surface area (Å²) in [6.45, 7) is 5.26. The Kier molecular flexibility index (Phi) is 1.80. The van der Waals surface area contributed by atoms with E-state index in [0.29, 0.717) is 5.92 Å². The van der Waals surface area contributed by atoms with Crippen molar-refractivity contribution < 1.29 is 4.74 Å². The van der Waals surface area contributed by atoms with E-state index in [1.807, 2.05) is 0 Å². The Morgan fingerprint density at radius 1 is 1.42 bits per heavy atom. The van der Waals surface area contributed by atoms with Crippen molar-refractivity contribution in [3.63, 3.8) is 0 Å². The molecule has 0 bridgehead atoms. The van der Waals surface area contributed by atoms with Crippen molar-refractivity contribution in [1.82, 2.24) is 0 Å². The molecule has 12 heavy (non-hydrogen) atoms. The van der Waals surface area contributed by atoms with Crippen LogP contribution in [0.2, 0.25) is 0 Å². The van der Waals surface area contributed by atoms with Crippen LogP contribution in [0.25, 0.3) is 0 Å². The van der Waals surface area contributed by atoms with Crippen LogP contribution in [0.5, 0.6) is 5.75 Å². The zero-order valence-electron chi connectivity index (χ0n) is 7.63. The third-order valence-corrected chi connectivity index (χ3v) is 2.44. The highest BCUT2D eigenvalue weighted by Gasteiger charge is 2.16. The summed E-state index contributed by atoms with van der Waals surface area (Å²) >= 11 is 0. The van der Waals surface area contributed by atoms with Crippen molar-refractivity contribution >= 4 is 0 Å². The molecule has 1 unspecified atom stereocenters. The van der Waals surface area contributed by atoms with Crippen molar-refractivity contribution in [3.8, 4) is 5.75 Å². The van der Waals surface area contributed by atoms with E-state index in [9.17, 15) is 0 Å². The van der Waals surface area contributed by atoms with Gasteiger partial charge in [-0.2, -0.15) is 0 Å². The number of hydrogen-bond donors (Lipinski definition) is 0. The highest BCUT2D eigenvalue weighted by Crippen LogP contribution is 2.29. The summed E-state index contributed by atoms with van der Waals surface area (Å²) in [5, 5.41) is 0. The van der Waals surface area contributed by atoms with Gasteiger partial charge in [0.15, 0.2) is 0 Å². The first-order chi connectivity index (χ1) is 5.77. The first kappa shape index (κ1) is 7.66. The average Bonchev–Trinajstić information content (AvgIpc) is 2.07. The SMILES string of the molecule is Cc1cccc2c1CC(C)CO2. The molecule has 0 saturated carbocycles. The van der Waals surface area contributed by atoms with E-state index in [1.54, 1.807) is 0 Å². The second-order valence-electron chi connectivity index (χ2n) is 3.67. The summed E-state index contributed by atoms with van der Waals surface area (Å²) in [5.74, 6) is 1.76. The van der Waals surface area contributed by atoms with E-state index in [4.69, 9.17) is 4.74 Å². The van der Waals surface area contributed by atoms with Gasteiger partial charge in [-0.25, -0.2) is 0 Å². The molecule has 0 spiro atoms. The number of hydrogen-bond acceptors (Lipinski definition) is 1. The average molecular weight is 162 g/mol. The fourth-order valence-electron chi connectivity index (χ4n) is 1.71. The van der Waals surface area contributed by atoms with Gasteiger partial charge in [0.1, 0.15) is 5.75 Å². The largest absolute Gasteiger partial charge is 0.493 e. The minimum absolute atomic E-state index is 0.665. The number of fused-ring (bicyclic) bond motifs is 1. The van der Waals surface area contributed by atoms with E-state index in [1.165, 1.54) is 17.5 Å². The van der Waals surface area contributed by atoms with E-state index >= 15 is 0 Å². The van der Waals surface area contributed by atoms with Crippen LogP contribution in [0.15, 0.2) is 18.2 Å². The normalized spacial score (nSPS) is 21.3. The molecule has 0 aromatic heterocycles. The van der Waals surface area contributed by atoms with Crippen molar-refractivity contribution in [2.45, 2.75) is 20.3 Å². The summed E-state index contributed by atoms with van der Waals surface area (Å²) < 4.78 is 5.62. The van der Waals surface area contributed by atoms with Gasteiger partial charge in [-0.15, -0.1) is 0 Å². The number of rotatable bonds is 0. The molecule has 0 aliphatic carbocycles. The summed E-state index contributed by atoms with van der Waals surface area (Å²) in [4.78, 5) is 0. The van der Waals surface area contributed by atoms with Gasteiger partial charge in [0.05, 0.1) is 6.61 Å². The molecule has 1 heterocycles. The zero-order chi connectivity index (χ0) is 8.55. The van der Waals surface area contributed by atoms with Gasteiger partial charge in [-0.05, 0) is 36.5 Å². The van der Waals surface area contributed by atoms with Gasteiger partial charge in [0, 0.05) is 0 Å². The van der Waals surface area contributed by atoms with Crippen LogP contribution < -0.4 is 4.74 Å². The molecule has 1 aliphatic rings. The van der Waals surface area contributed by atoms with E-state index < -0.39 is 0 Å². The number of aryl methyl sites for hydroxylation is 1. The fourth-order valence-corrected chi connectivity index (χ4v) is 1.71. The molecule has 1 aromatic carbocycles. The number of benzene rings is 1. The van der Waals surface area contributed by atoms with Gasteiger partial charge in [-0.3, -0.25) is 0 Å². The maximum atomic E-state index is 5.62. The standard InChI is InChI=1S/C11H14O/c1-8-6-10-9(2)4-3-5-11(10)12-7-8/h3-5,8H,6-7H2,1-2H3. The zero-order valence-corrected chi connectivity index (χ0v) is 7.63. The van der Waals surface area contributed by atoms with Crippen molar-refractivity contribution in [3.05, 3.63) is 29.3 Å². The molecule has 1 heteroatoms. The minimum atomic E-state index is 0.665. The molecule has 1 aliphatic heterocycles. The lowest BCUT2D eigenvalue weighted by Gasteiger charge is -2.23. The third kappa shape index (κ3) is 1.20. The van der Waals surface area contributed by atoms with Crippen molar-refractivity contribution in [2.75, 3.05) is 6.61 Å². The fraction of sp³-hybridized carbons (Fsp3) is 0.455. The smallest absolute Gasteiger partial charge is 0.122 e. The Hall–Kier alpha value is -0.980. The van der Waals surface area contributed by atoms with Crippen LogP contribution in [0.3, 0.4) is 0 Å². The Morgan fingerprint density at radius 3 is 3.08 bits per heavy atom. The third-order valence-electron chi connectivity index (χ3n) is 2.44. The van der Waals surface area contributed by atoms with E-state index in [-0.39, 0.29) is 0 Å². The van der Waals surface area contributed by atoms with Gasteiger partial charge in [0.25, 0.3) is 0 Å².